The first-order valence-corrected chi connectivity index (χ1v) is 18.9. The molecule has 0 aliphatic carbocycles. The van der Waals surface area contributed by atoms with Gasteiger partial charge in [0.25, 0.3) is 0 Å². The summed E-state index contributed by atoms with van der Waals surface area (Å²) in [5.74, 6) is -1.54. The molecule has 0 spiro atoms. The van der Waals surface area contributed by atoms with E-state index in [2.05, 4.69) is 0 Å². The maximum atomic E-state index is 13.5. The van der Waals surface area contributed by atoms with Crippen molar-refractivity contribution in [3.05, 3.63) is 0 Å². The fourth-order valence-corrected chi connectivity index (χ4v) is 6.91. The standard InChI is InChI=1S/C38H68O15/c1-20(2)36(7,8)53-28-24(40)25(41)31(50-30(28)34(44)47-19-22-15-14-17-46-22)37(9,10)48-18-16-35(5,6)52-27-23(39)26(42)32(38(11,12)51-21(3)4)49-29(27)33(43)45-13/h20-32,39-42H,14-19H2,1-13H3/t22?,23-,24-,25+,26+,27+,28+,29?,30?,31-,32-/m1/s1. The Bertz CT molecular complexity index is 1180. The van der Waals surface area contributed by atoms with Gasteiger partial charge in [-0.1, -0.05) is 13.8 Å². The number of esters is 2. The van der Waals surface area contributed by atoms with Crippen molar-refractivity contribution in [2.45, 2.75) is 198 Å². The van der Waals surface area contributed by atoms with Crippen LogP contribution < -0.4 is 0 Å². The number of ether oxygens (including phenoxy) is 9. The molecule has 53 heavy (non-hydrogen) atoms. The minimum Gasteiger partial charge on any atom is -0.467 e. The fraction of sp³-hybridized carbons (Fsp3) is 0.947. The summed E-state index contributed by atoms with van der Waals surface area (Å²) in [5, 5.41) is 45.2. The van der Waals surface area contributed by atoms with Crippen molar-refractivity contribution in [2.75, 3.05) is 26.9 Å². The Hall–Kier alpha value is -1.50. The van der Waals surface area contributed by atoms with E-state index >= 15 is 0 Å². The molecule has 3 unspecified atom stereocenters. The second kappa shape index (κ2) is 18.2. The number of aliphatic hydroxyl groups is 4. The van der Waals surface area contributed by atoms with Crippen molar-refractivity contribution in [1.82, 2.24) is 0 Å². The Morgan fingerprint density at radius 2 is 1.28 bits per heavy atom. The minimum absolute atomic E-state index is 0.00177. The van der Waals surface area contributed by atoms with Crippen molar-refractivity contribution in [2.24, 2.45) is 5.92 Å². The van der Waals surface area contributed by atoms with Crippen LogP contribution in [-0.4, -0.2) is 155 Å². The predicted octanol–water partition coefficient (Wildman–Crippen LogP) is 2.23. The van der Waals surface area contributed by atoms with Crippen molar-refractivity contribution in [1.29, 1.82) is 0 Å². The normalized spacial score (nSPS) is 33.4. The lowest BCUT2D eigenvalue weighted by Crippen LogP contribution is -2.67. The highest BCUT2D eigenvalue weighted by molar-refractivity contribution is 5.76. The van der Waals surface area contributed by atoms with Gasteiger partial charge in [0.1, 0.15) is 55.4 Å². The second-order valence-corrected chi connectivity index (χ2v) is 17.4. The molecule has 3 heterocycles. The first-order valence-electron chi connectivity index (χ1n) is 18.9. The largest absolute Gasteiger partial charge is 0.467 e. The van der Waals surface area contributed by atoms with Crippen molar-refractivity contribution >= 4 is 11.9 Å². The Labute approximate surface area is 315 Å². The van der Waals surface area contributed by atoms with Crippen LogP contribution in [0, 0.1) is 5.92 Å². The van der Waals surface area contributed by atoms with E-state index < -0.39 is 95.4 Å². The summed E-state index contributed by atoms with van der Waals surface area (Å²) in [4.78, 5) is 26.4. The zero-order valence-electron chi connectivity index (χ0n) is 34.0. The molecule has 0 amide bonds. The molecule has 15 nitrogen and oxygen atoms in total. The molecule has 0 aromatic rings. The highest BCUT2D eigenvalue weighted by Crippen LogP contribution is 2.38. The molecular weight excluding hydrogens is 696 g/mol. The summed E-state index contributed by atoms with van der Waals surface area (Å²) in [5.41, 5.74) is -4.19. The van der Waals surface area contributed by atoms with Crippen molar-refractivity contribution in [3.8, 4) is 0 Å². The second-order valence-electron chi connectivity index (χ2n) is 17.4. The highest BCUT2D eigenvalue weighted by Gasteiger charge is 2.57. The van der Waals surface area contributed by atoms with Crippen molar-refractivity contribution in [3.63, 3.8) is 0 Å². The van der Waals surface area contributed by atoms with Gasteiger partial charge in [-0.2, -0.15) is 0 Å². The molecule has 15 heteroatoms. The number of aliphatic hydroxyl groups excluding tert-OH is 4. The topological polar surface area (TPSA) is 198 Å². The van der Waals surface area contributed by atoms with Gasteiger partial charge in [0.2, 0.25) is 0 Å². The van der Waals surface area contributed by atoms with E-state index in [-0.39, 0.29) is 37.8 Å². The molecule has 3 fully saturated rings. The molecule has 3 aliphatic heterocycles. The fourth-order valence-electron chi connectivity index (χ4n) is 6.91. The van der Waals surface area contributed by atoms with Gasteiger partial charge >= 0.3 is 11.9 Å². The van der Waals surface area contributed by atoms with Crippen LogP contribution in [0.15, 0.2) is 0 Å². The molecule has 3 aliphatic rings. The third-order valence-electron chi connectivity index (χ3n) is 10.7. The van der Waals surface area contributed by atoms with Crippen LogP contribution >= 0.6 is 0 Å². The van der Waals surface area contributed by atoms with Gasteiger partial charge in [0, 0.05) is 6.61 Å². The number of hydrogen-bond acceptors (Lipinski definition) is 15. The average molecular weight is 765 g/mol. The zero-order chi connectivity index (χ0) is 40.3. The Morgan fingerprint density at radius 3 is 1.77 bits per heavy atom. The lowest BCUT2D eigenvalue weighted by Gasteiger charge is -2.49. The summed E-state index contributed by atoms with van der Waals surface area (Å²) >= 11 is 0. The summed E-state index contributed by atoms with van der Waals surface area (Å²) in [6.45, 7) is 22.0. The Morgan fingerprint density at radius 1 is 0.755 bits per heavy atom. The van der Waals surface area contributed by atoms with Crippen LogP contribution in [-0.2, 0) is 52.2 Å². The van der Waals surface area contributed by atoms with E-state index in [1.165, 1.54) is 7.11 Å². The maximum absolute atomic E-state index is 13.5. The van der Waals surface area contributed by atoms with E-state index in [0.717, 1.165) is 12.8 Å². The molecular formula is C38H68O15. The molecule has 3 rings (SSSR count). The molecule has 11 atom stereocenters. The molecule has 0 radical (unpaired) electrons. The van der Waals surface area contributed by atoms with Crippen molar-refractivity contribution < 1.29 is 72.6 Å². The summed E-state index contributed by atoms with van der Waals surface area (Å²) in [6, 6.07) is 0. The van der Waals surface area contributed by atoms with Gasteiger partial charge in [-0.25, -0.2) is 9.59 Å². The van der Waals surface area contributed by atoms with Gasteiger partial charge in [0.15, 0.2) is 12.2 Å². The summed E-state index contributed by atoms with van der Waals surface area (Å²) in [6.07, 6.45) is -12.2. The van der Waals surface area contributed by atoms with Gasteiger partial charge in [0.05, 0.1) is 48.3 Å². The Balaban J connectivity index is 1.74. The third kappa shape index (κ3) is 11.5. The van der Waals surface area contributed by atoms with E-state index in [1.54, 1.807) is 41.5 Å². The van der Waals surface area contributed by atoms with Gasteiger partial charge in [-0.3, -0.25) is 0 Å². The minimum atomic E-state index is -1.54. The summed E-state index contributed by atoms with van der Waals surface area (Å²) in [7, 11) is 1.19. The van der Waals surface area contributed by atoms with Gasteiger partial charge in [-0.05, 0) is 94.4 Å². The first kappa shape index (κ1) is 45.9. The lowest BCUT2D eigenvalue weighted by atomic mass is 9.85. The molecule has 0 bridgehead atoms. The predicted molar refractivity (Wildman–Crippen MR) is 191 cm³/mol. The zero-order valence-corrected chi connectivity index (χ0v) is 34.0. The van der Waals surface area contributed by atoms with E-state index in [0.29, 0.717) is 6.61 Å². The van der Waals surface area contributed by atoms with E-state index in [4.69, 9.17) is 42.6 Å². The smallest absolute Gasteiger partial charge is 0.338 e. The lowest BCUT2D eigenvalue weighted by molar-refractivity contribution is -0.296. The van der Waals surface area contributed by atoms with Gasteiger partial charge in [-0.15, -0.1) is 0 Å². The van der Waals surface area contributed by atoms with Crippen LogP contribution in [0.2, 0.25) is 0 Å². The van der Waals surface area contributed by atoms with Crippen LogP contribution in [0.25, 0.3) is 0 Å². The molecule has 3 saturated heterocycles. The number of methoxy groups -OCH3 is 1. The number of hydrogen-bond donors (Lipinski definition) is 4. The van der Waals surface area contributed by atoms with Crippen LogP contribution in [0.4, 0.5) is 0 Å². The summed E-state index contributed by atoms with van der Waals surface area (Å²) < 4.78 is 53.2. The van der Waals surface area contributed by atoms with Crippen LogP contribution in [0.5, 0.6) is 0 Å². The third-order valence-corrected chi connectivity index (χ3v) is 10.7. The average Bonchev–Trinajstić information content (AvgIpc) is 3.56. The van der Waals surface area contributed by atoms with E-state index in [9.17, 15) is 30.0 Å². The molecule has 4 N–H and O–H groups in total. The quantitative estimate of drug-likeness (QED) is 0.157. The highest BCUT2D eigenvalue weighted by atomic mass is 16.6. The van der Waals surface area contributed by atoms with E-state index in [1.807, 2.05) is 41.5 Å². The Kier molecular flexibility index (Phi) is 15.7. The van der Waals surface area contributed by atoms with Crippen LogP contribution in [0.3, 0.4) is 0 Å². The van der Waals surface area contributed by atoms with Gasteiger partial charge < -0.3 is 63.1 Å². The molecule has 0 aromatic carbocycles. The molecule has 0 saturated carbocycles. The number of carbonyl (C=O) groups is 2. The number of carbonyl (C=O) groups excluding carboxylic acids is 2. The first-order chi connectivity index (χ1) is 24.3. The molecule has 310 valence electrons. The monoisotopic (exact) mass is 764 g/mol. The number of rotatable bonds is 17. The maximum Gasteiger partial charge on any atom is 0.338 e. The van der Waals surface area contributed by atoms with Crippen LogP contribution in [0.1, 0.15) is 102 Å². The molecule has 0 aromatic heterocycles. The SMILES string of the molecule is COC(=O)C1O[C@@H](C(C)(C)OC(C)C)[C@@H](O)[C@@H](O)[C@@H]1OC(C)(C)CCOC(C)(C)[C@@H]1OC(C(=O)OCC2CCCO2)[C@@H](OC(C)(C)C(C)C)[C@H](O)[C@@H]1O.